The van der Waals surface area contributed by atoms with Crippen molar-refractivity contribution in [3.63, 3.8) is 0 Å². The number of amides is 2. The van der Waals surface area contributed by atoms with Crippen LogP contribution in [0, 0.1) is 6.92 Å². The van der Waals surface area contributed by atoms with E-state index in [9.17, 15) is 4.79 Å². The minimum Gasteiger partial charge on any atom is -0.294 e. The molecule has 1 N–H and O–H groups in total. The smallest absolute Gasteiger partial charge is 0.294 e. The molecule has 0 unspecified atom stereocenters. The molecule has 1 aliphatic heterocycles. The van der Waals surface area contributed by atoms with Gasteiger partial charge in [0.2, 0.25) is 0 Å². The number of nitrogens with zero attached hydrogens (tertiary/aromatic N) is 3. The lowest BCUT2D eigenvalue weighted by Crippen LogP contribution is -2.33. The molecule has 0 fully saturated rings. The Bertz CT molecular complexity index is 680. The number of halogens is 1. The van der Waals surface area contributed by atoms with E-state index >= 15 is 0 Å². The molecule has 2 amide bonds. The molecular formula is C14H15ClN4O. The number of anilines is 2. The molecule has 0 spiro atoms. The molecule has 20 heavy (non-hydrogen) atoms. The van der Waals surface area contributed by atoms with Crippen LogP contribution in [0.25, 0.3) is 0 Å². The van der Waals surface area contributed by atoms with Gasteiger partial charge in [0.1, 0.15) is 5.82 Å². The highest BCUT2D eigenvalue weighted by Gasteiger charge is 2.26. The molecule has 2 heterocycles. The highest BCUT2D eigenvalue weighted by Crippen LogP contribution is 2.33. The minimum atomic E-state index is -0.158. The zero-order valence-corrected chi connectivity index (χ0v) is 12.1. The van der Waals surface area contributed by atoms with E-state index in [0.29, 0.717) is 17.4 Å². The number of fused-ring (bicyclic) bond motifs is 1. The number of benzene rings is 1. The highest BCUT2D eigenvalue weighted by molar-refractivity contribution is 6.32. The summed E-state index contributed by atoms with van der Waals surface area (Å²) in [5.74, 6) is 0.683. The second-order valence-corrected chi connectivity index (χ2v) is 5.27. The van der Waals surface area contributed by atoms with Crippen LogP contribution in [-0.4, -0.2) is 22.4 Å². The van der Waals surface area contributed by atoms with Gasteiger partial charge in [0.15, 0.2) is 0 Å². The second-order valence-electron chi connectivity index (χ2n) is 4.86. The van der Waals surface area contributed by atoms with Gasteiger partial charge in [-0.15, -0.1) is 0 Å². The monoisotopic (exact) mass is 290 g/mol. The van der Waals surface area contributed by atoms with Crippen molar-refractivity contribution < 1.29 is 4.79 Å². The topological polar surface area (TPSA) is 50.2 Å². The van der Waals surface area contributed by atoms with Crippen LogP contribution in [0.2, 0.25) is 5.02 Å². The van der Waals surface area contributed by atoms with Crippen LogP contribution in [-0.2, 0) is 13.5 Å². The number of hydrogen-bond donors (Lipinski definition) is 1. The quantitative estimate of drug-likeness (QED) is 0.878. The molecule has 1 aromatic heterocycles. The molecule has 104 valence electrons. The zero-order valence-electron chi connectivity index (χ0n) is 11.4. The molecule has 2 aromatic rings. The van der Waals surface area contributed by atoms with E-state index in [0.717, 1.165) is 23.4 Å². The van der Waals surface area contributed by atoms with Crippen LogP contribution in [0.3, 0.4) is 0 Å². The molecule has 6 heteroatoms. The van der Waals surface area contributed by atoms with Gasteiger partial charge in [-0.1, -0.05) is 17.7 Å². The van der Waals surface area contributed by atoms with Gasteiger partial charge in [-0.25, -0.2) is 4.79 Å². The lowest BCUT2D eigenvalue weighted by Gasteiger charge is -2.18. The first-order chi connectivity index (χ1) is 9.56. The summed E-state index contributed by atoms with van der Waals surface area (Å²) in [4.78, 5) is 14.1. The van der Waals surface area contributed by atoms with Crippen molar-refractivity contribution in [2.75, 3.05) is 16.8 Å². The summed E-state index contributed by atoms with van der Waals surface area (Å²) in [7, 11) is 1.80. The van der Waals surface area contributed by atoms with Gasteiger partial charge in [-0.05, 0) is 31.0 Å². The summed E-state index contributed by atoms with van der Waals surface area (Å²) in [5.41, 5.74) is 2.78. The molecular weight excluding hydrogens is 276 g/mol. The Hall–Kier alpha value is -2.01. The van der Waals surface area contributed by atoms with Crippen molar-refractivity contribution in [1.29, 1.82) is 0 Å². The molecule has 1 aliphatic rings. The third-order valence-corrected chi connectivity index (χ3v) is 3.81. The third kappa shape index (κ3) is 2.14. The van der Waals surface area contributed by atoms with E-state index in [1.807, 2.05) is 31.2 Å². The number of rotatable bonds is 1. The fourth-order valence-corrected chi connectivity index (χ4v) is 2.77. The normalized spacial score (nSPS) is 13.4. The summed E-state index contributed by atoms with van der Waals surface area (Å²) in [6.07, 6.45) is 0.785. The Morgan fingerprint density at radius 1 is 1.45 bits per heavy atom. The van der Waals surface area contributed by atoms with Gasteiger partial charge in [-0.2, -0.15) is 5.10 Å². The Morgan fingerprint density at radius 3 is 2.95 bits per heavy atom. The summed E-state index contributed by atoms with van der Waals surface area (Å²) in [6.45, 7) is 2.53. The number of nitrogens with one attached hydrogen (secondary N) is 1. The Kier molecular flexibility index (Phi) is 3.14. The van der Waals surface area contributed by atoms with E-state index in [-0.39, 0.29) is 6.03 Å². The van der Waals surface area contributed by atoms with Gasteiger partial charge in [0.05, 0.1) is 11.4 Å². The lowest BCUT2D eigenvalue weighted by molar-refractivity contribution is 0.257. The highest BCUT2D eigenvalue weighted by atomic mass is 35.5. The molecule has 0 atom stereocenters. The van der Waals surface area contributed by atoms with Crippen molar-refractivity contribution in [1.82, 2.24) is 9.78 Å². The second kappa shape index (κ2) is 4.83. The first-order valence-corrected chi connectivity index (χ1v) is 6.80. The van der Waals surface area contributed by atoms with Crippen LogP contribution in [0.5, 0.6) is 0 Å². The average Bonchev–Trinajstić information content (AvgIpc) is 2.94. The van der Waals surface area contributed by atoms with Gasteiger partial charge in [-0.3, -0.25) is 14.9 Å². The molecule has 0 bridgehead atoms. The number of aryl methyl sites for hydroxylation is 2. The predicted molar refractivity (Wildman–Crippen MR) is 79.5 cm³/mol. The van der Waals surface area contributed by atoms with Crippen LogP contribution in [0.1, 0.15) is 11.3 Å². The molecule has 3 rings (SSSR count). The van der Waals surface area contributed by atoms with Crippen LogP contribution in [0.4, 0.5) is 16.3 Å². The van der Waals surface area contributed by atoms with Crippen LogP contribution >= 0.6 is 11.6 Å². The van der Waals surface area contributed by atoms with Crippen molar-refractivity contribution in [3.05, 3.63) is 40.5 Å². The van der Waals surface area contributed by atoms with E-state index in [2.05, 4.69) is 10.4 Å². The standard InChI is InChI=1S/C14H15ClN4O/c1-9-8-13(18(2)17-9)16-14(20)19-7-6-10-11(15)4-3-5-12(10)19/h3-5,8H,6-7H2,1-2H3,(H,16,20). The molecule has 0 aliphatic carbocycles. The van der Waals surface area contributed by atoms with Crippen molar-refractivity contribution >= 4 is 29.1 Å². The van der Waals surface area contributed by atoms with Crippen molar-refractivity contribution in [3.8, 4) is 0 Å². The first kappa shape index (κ1) is 13.0. The van der Waals surface area contributed by atoms with Gasteiger partial charge < -0.3 is 0 Å². The fraction of sp³-hybridized carbons (Fsp3) is 0.286. The van der Waals surface area contributed by atoms with Gasteiger partial charge >= 0.3 is 6.03 Å². The maximum Gasteiger partial charge on any atom is 0.327 e. The van der Waals surface area contributed by atoms with E-state index in [4.69, 9.17) is 11.6 Å². The number of hydrogen-bond acceptors (Lipinski definition) is 2. The largest absolute Gasteiger partial charge is 0.327 e. The Morgan fingerprint density at radius 2 is 2.25 bits per heavy atom. The maximum absolute atomic E-state index is 12.4. The van der Waals surface area contributed by atoms with Crippen molar-refractivity contribution in [2.45, 2.75) is 13.3 Å². The molecule has 5 nitrogen and oxygen atoms in total. The molecule has 1 aromatic carbocycles. The van der Waals surface area contributed by atoms with Crippen molar-refractivity contribution in [2.24, 2.45) is 7.05 Å². The Labute approximate surface area is 122 Å². The summed E-state index contributed by atoms with van der Waals surface area (Å²) in [5, 5.41) is 7.81. The first-order valence-electron chi connectivity index (χ1n) is 6.43. The lowest BCUT2D eigenvalue weighted by atomic mass is 10.2. The number of aromatic nitrogens is 2. The fourth-order valence-electron chi connectivity index (χ4n) is 2.51. The summed E-state index contributed by atoms with van der Waals surface area (Å²) < 4.78 is 1.65. The summed E-state index contributed by atoms with van der Waals surface area (Å²) in [6, 6.07) is 7.32. The van der Waals surface area contributed by atoms with E-state index in [1.165, 1.54) is 0 Å². The summed E-state index contributed by atoms with van der Waals surface area (Å²) >= 11 is 6.16. The molecule has 0 saturated heterocycles. The average molecular weight is 291 g/mol. The number of urea groups is 1. The third-order valence-electron chi connectivity index (χ3n) is 3.45. The Balaban J connectivity index is 1.84. The molecule has 0 saturated carbocycles. The van der Waals surface area contributed by atoms with Crippen LogP contribution in [0.15, 0.2) is 24.3 Å². The maximum atomic E-state index is 12.4. The number of carbonyl (C=O) groups is 1. The number of carbonyl (C=O) groups excluding carboxylic acids is 1. The predicted octanol–water partition coefficient (Wildman–Crippen LogP) is 2.98. The zero-order chi connectivity index (χ0) is 14.3. The van der Waals surface area contributed by atoms with Gasteiger partial charge in [0.25, 0.3) is 0 Å². The molecule has 0 radical (unpaired) electrons. The SMILES string of the molecule is Cc1cc(NC(=O)N2CCc3c(Cl)cccc32)n(C)n1. The van der Waals surface area contributed by atoms with Crippen LogP contribution < -0.4 is 10.2 Å². The minimum absolute atomic E-state index is 0.158. The van der Waals surface area contributed by atoms with E-state index < -0.39 is 0 Å². The van der Waals surface area contributed by atoms with E-state index in [1.54, 1.807) is 16.6 Å². The van der Waals surface area contributed by atoms with Gasteiger partial charge in [0, 0.05) is 24.7 Å².